The third-order valence-electron chi connectivity index (χ3n) is 4.10. The normalized spacial score (nSPS) is 9.93. The van der Waals surface area contributed by atoms with E-state index in [9.17, 15) is 9.59 Å². The van der Waals surface area contributed by atoms with Crippen LogP contribution in [-0.4, -0.2) is 24.9 Å². The molecule has 6 nitrogen and oxygen atoms in total. The molecule has 0 saturated heterocycles. The molecule has 0 aromatic heterocycles. The van der Waals surface area contributed by atoms with E-state index in [0.29, 0.717) is 34.3 Å². The molecule has 0 aliphatic rings. The highest BCUT2D eigenvalue weighted by atomic mass is 35.5. The van der Waals surface area contributed by atoms with Gasteiger partial charge in [0.2, 0.25) is 0 Å². The highest BCUT2D eigenvalue weighted by molar-refractivity contribution is 6.34. The van der Waals surface area contributed by atoms with Gasteiger partial charge >= 0.3 is 0 Å². The molecule has 2 aromatic carbocycles. The van der Waals surface area contributed by atoms with Gasteiger partial charge in [0, 0.05) is 13.1 Å². The molecule has 2 aromatic rings. The van der Waals surface area contributed by atoms with Gasteiger partial charge in [0.15, 0.2) is 0 Å². The smallest absolute Gasteiger partial charge is 0.252 e. The first kappa shape index (κ1) is 22.2. The van der Waals surface area contributed by atoms with Crippen LogP contribution in [0.25, 0.3) is 0 Å². The summed E-state index contributed by atoms with van der Waals surface area (Å²) >= 11 is 12.0. The van der Waals surface area contributed by atoms with Crippen LogP contribution in [0.5, 0.6) is 0 Å². The molecule has 148 valence electrons. The fraction of sp³-hybridized carbons (Fsp3) is 0.238. The Labute approximate surface area is 179 Å². The molecule has 0 unspecified atom stereocenters. The fourth-order valence-electron chi connectivity index (χ4n) is 2.56. The lowest BCUT2D eigenvalue weighted by atomic mass is 10.1. The van der Waals surface area contributed by atoms with Crippen molar-refractivity contribution < 1.29 is 9.59 Å². The van der Waals surface area contributed by atoms with Crippen LogP contribution in [0.1, 0.15) is 51.1 Å². The summed E-state index contributed by atoms with van der Waals surface area (Å²) in [5.41, 5.74) is 1.29. The molecule has 0 saturated carbocycles. The van der Waals surface area contributed by atoms with Crippen molar-refractivity contribution in [1.29, 1.82) is 10.5 Å². The van der Waals surface area contributed by atoms with Gasteiger partial charge in [-0.2, -0.15) is 10.5 Å². The zero-order chi connectivity index (χ0) is 21.2. The van der Waals surface area contributed by atoms with Gasteiger partial charge in [0.1, 0.15) is 0 Å². The number of hydrogen-bond acceptors (Lipinski definition) is 4. The lowest BCUT2D eigenvalue weighted by Gasteiger charge is -2.08. The molecule has 0 aliphatic carbocycles. The van der Waals surface area contributed by atoms with Crippen LogP contribution in [-0.2, 0) is 0 Å². The second kappa shape index (κ2) is 11.1. The van der Waals surface area contributed by atoms with Gasteiger partial charge in [-0.25, -0.2) is 0 Å². The first-order chi connectivity index (χ1) is 14.0. The van der Waals surface area contributed by atoms with Gasteiger partial charge in [-0.3, -0.25) is 9.59 Å². The van der Waals surface area contributed by atoms with E-state index in [1.54, 1.807) is 12.1 Å². The average Bonchev–Trinajstić information content (AvgIpc) is 2.73. The van der Waals surface area contributed by atoms with Crippen molar-refractivity contribution in [3.63, 3.8) is 0 Å². The van der Waals surface area contributed by atoms with Gasteiger partial charge in [0.25, 0.3) is 11.8 Å². The van der Waals surface area contributed by atoms with Crippen LogP contribution in [0.2, 0.25) is 10.0 Å². The topological polar surface area (TPSA) is 106 Å². The molecule has 0 bridgehead atoms. The molecule has 2 N–H and O–H groups in total. The van der Waals surface area contributed by atoms with Crippen LogP contribution >= 0.6 is 23.2 Å². The molecule has 2 amide bonds. The number of carbonyl (C=O) groups is 2. The van der Waals surface area contributed by atoms with Gasteiger partial charge < -0.3 is 10.6 Å². The zero-order valence-electron chi connectivity index (χ0n) is 15.5. The molecule has 0 fully saturated rings. The number of benzene rings is 2. The lowest BCUT2D eigenvalue weighted by Crippen LogP contribution is -2.26. The van der Waals surface area contributed by atoms with Gasteiger partial charge in [-0.15, -0.1) is 0 Å². The summed E-state index contributed by atoms with van der Waals surface area (Å²) in [7, 11) is 0. The van der Waals surface area contributed by atoms with Crippen LogP contribution in [0.4, 0.5) is 0 Å². The van der Waals surface area contributed by atoms with Crippen LogP contribution in [0, 0.1) is 22.7 Å². The van der Waals surface area contributed by atoms with Crippen molar-refractivity contribution in [1.82, 2.24) is 10.6 Å². The summed E-state index contributed by atoms with van der Waals surface area (Å²) in [4.78, 5) is 24.3. The van der Waals surface area contributed by atoms with E-state index in [1.165, 1.54) is 24.3 Å². The summed E-state index contributed by atoms with van der Waals surface area (Å²) in [6.45, 7) is 0.909. The minimum atomic E-state index is -0.326. The summed E-state index contributed by atoms with van der Waals surface area (Å²) in [6.07, 6.45) is 2.24. The molecular weight excluding hydrogens is 411 g/mol. The van der Waals surface area contributed by atoms with Gasteiger partial charge in [-0.05, 0) is 55.7 Å². The Balaban J connectivity index is 1.69. The maximum absolute atomic E-state index is 12.2. The number of carbonyl (C=O) groups excluding carboxylic acids is 2. The number of amides is 2. The molecule has 0 atom stereocenters. The number of hydrogen-bond donors (Lipinski definition) is 2. The second-order valence-corrected chi connectivity index (χ2v) is 7.00. The largest absolute Gasteiger partial charge is 0.352 e. The zero-order valence-corrected chi connectivity index (χ0v) is 17.0. The summed E-state index contributed by atoms with van der Waals surface area (Å²) in [6, 6.07) is 13.0. The Bertz CT molecular complexity index is 914. The third kappa shape index (κ3) is 6.50. The Morgan fingerprint density at radius 2 is 1.17 bits per heavy atom. The average molecular weight is 429 g/mol. The van der Waals surface area contributed by atoms with E-state index in [1.807, 2.05) is 12.1 Å². The Kier molecular flexibility index (Phi) is 8.48. The number of nitriles is 2. The van der Waals surface area contributed by atoms with Crippen molar-refractivity contribution in [2.45, 2.75) is 19.3 Å². The molecule has 0 radical (unpaired) electrons. The van der Waals surface area contributed by atoms with Crippen LogP contribution in [0.3, 0.4) is 0 Å². The van der Waals surface area contributed by atoms with Crippen LogP contribution < -0.4 is 10.6 Å². The monoisotopic (exact) mass is 428 g/mol. The highest BCUT2D eigenvalue weighted by Crippen LogP contribution is 2.18. The minimum Gasteiger partial charge on any atom is -0.352 e. The number of rotatable bonds is 8. The number of halogens is 2. The van der Waals surface area contributed by atoms with Crippen molar-refractivity contribution in [3.8, 4) is 12.1 Å². The Morgan fingerprint density at radius 3 is 1.55 bits per heavy atom. The predicted molar refractivity (Wildman–Crippen MR) is 111 cm³/mol. The number of nitrogens with zero attached hydrogens (tertiary/aromatic N) is 2. The lowest BCUT2D eigenvalue weighted by molar-refractivity contribution is 0.0947. The van der Waals surface area contributed by atoms with Crippen molar-refractivity contribution in [2.75, 3.05) is 13.1 Å². The van der Waals surface area contributed by atoms with Crippen molar-refractivity contribution in [3.05, 3.63) is 68.7 Å². The Morgan fingerprint density at radius 1 is 0.759 bits per heavy atom. The Hall–Kier alpha value is -3.06. The molecule has 0 heterocycles. The molecule has 0 spiro atoms. The first-order valence-corrected chi connectivity index (χ1v) is 9.67. The van der Waals surface area contributed by atoms with E-state index in [-0.39, 0.29) is 22.9 Å². The van der Waals surface area contributed by atoms with E-state index >= 15 is 0 Å². The second-order valence-electron chi connectivity index (χ2n) is 6.19. The SMILES string of the molecule is N#Cc1ccc(Cl)c(C(=O)NCCCCCNC(=O)c2cc(C#N)ccc2Cl)c1. The quantitative estimate of drug-likeness (QED) is 0.617. The predicted octanol–water partition coefficient (Wildman–Crippen LogP) is 4.07. The molecule has 8 heteroatoms. The summed E-state index contributed by atoms with van der Waals surface area (Å²) in [5.74, 6) is -0.653. The van der Waals surface area contributed by atoms with Crippen molar-refractivity contribution in [2.24, 2.45) is 0 Å². The van der Waals surface area contributed by atoms with Gasteiger partial charge in [-0.1, -0.05) is 23.2 Å². The fourth-order valence-corrected chi connectivity index (χ4v) is 2.97. The van der Waals surface area contributed by atoms with Gasteiger partial charge in [0.05, 0.1) is 44.4 Å². The van der Waals surface area contributed by atoms with E-state index < -0.39 is 0 Å². The van der Waals surface area contributed by atoms with Crippen LogP contribution in [0.15, 0.2) is 36.4 Å². The summed E-state index contributed by atoms with van der Waals surface area (Å²) in [5, 5.41) is 23.9. The maximum atomic E-state index is 12.2. The highest BCUT2D eigenvalue weighted by Gasteiger charge is 2.12. The number of unbranched alkanes of at least 4 members (excludes halogenated alkanes) is 2. The van der Waals surface area contributed by atoms with E-state index in [2.05, 4.69) is 10.6 Å². The van der Waals surface area contributed by atoms with E-state index in [4.69, 9.17) is 33.7 Å². The minimum absolute atomic E-state index is 0.273. The molecule has 2 rings (SSSR count). The maximum Gasteiger partial charge on any atom is 0.252 e. The van der Waals surface area contributed by atoms with E-state index in [0.717, 1.165) is 19.3 Å². The third-order valence-corrected chi connectivity index (χ3v) is 4.76. The number of nitrogens with one attached hydrogen (secondary N) is 2. The molecular formula is C21H18Cl2N4O2. The van der Waals surface area contributed by atoms with Crippen molar-refractivity contribution >= 4 is 35.0 Å². The molecule has 0 aliphatic heterocycles. The summed E-state index contributed by atoms with van der Waals surface area (Å²) < 4.78 is 0. The standard InChI is InChI=1S/C21H18Cl2N4O2/c22-18-6-4-14(12-24)10-16(18)20(28)26-8-2-1-3-9-27-21(29)17-11-15(13-25)5-7-19(17)23/h4-7,10-11H,1-3,8-9H2,(H,26,28)(H,27,29). The molecule has 29 heavy (non-hydrogen) atoms. The first-order valence-electron chi connectivity index (χ1n) is 8.92.